The van der Waals surface area contributed by atoms with Crippen molar-refractivity contribution < 1.29 is 17.7 Å². The van der Waals surface area contributed by atoms with E-state index < -0.39 is 23.2 Å². The molecule has 0 aliphatic carbocycles. The van der Waals surface area contributed by atoms with Crippen molar-refractivity contribution in [3.8, 4) is 0 Å². The first kappa shape index (κ1) is 28.6. The van der Waals surface area contributed by atoms with Crippen LogP contribution in [0.5, 0.6) is 0 Å². The zero-order valence-electron chi connectivity index (χ0n) is 20.6. The molecule has 0 radical (unpaired) electrons. The van der Waals surface area contributed by atoms with E-state index in [0.717, 1.165) is 0 Å². The van der Waals surface area contributed by atoms with E-state index in [1.54, 1.807) is 0 Å². The van der Waals surface area contributed by atoms with Crippen molar-refractivity contribution in [2.24, 2.45) is 0 Å². The monoisotopic (exact) mass is 640 g/mol. The van der Waals surface area contributed by atoms with Crippen LogP contribution in [0.2, 0.25) is 6.55 Å². The maximum absolute atomic E-state index is 5.99. The van der Waals surface area contributed by atoms with Crippen molar-refractivity contribution >= 4 is 27.8 Å². The molecule has 0 amide bonds. The van der Waals surface area contributed by atoms with Crippen LogP contribution >= 0.6 is 17.2 Å². The molecule has 3 aromatic rings. The van der Waals surface area contributed by atoms with Gasteiger partial charge in [-0.15, -0.1) is 0 Å². The number of halogens is 2. The Morgan fingerprint density at radius 1 is 0.742 bits per heavy atom. The van der Waals surface area contributed by atoms with Gasteiger partial charge in [-0.3, -0.25) is 0 Å². The quantitative estimate of drug-likeness (QED) is 0.185. The molecule has 0 bridgehead atoms. The molecular weight excluding hydrogens is 602 g/mol. The van der Waals surface area contributed by atoms with Gasteiger partial charge < -0.3 is 0 Å². The van der Waals surface area contributed by atoms with E-state index in [0.29, 0.717) is 10.8 Å². The van der Waals surface area contributed by atoms with Gasteiger partial charge in [-0.25, -0.2) is 12.1 Å². The van der Waals surface area contributed by atoms with Crippen LogP contribution in [-0.2, 0) is 28.5 Å². The average molecular weight is 640 g/mol. The second-order valence-electron chi connectivity index (χ2n) is 10.1. The Kier molecular flexibility index (Phi) is 11.7. The number of hydrogen-bond donors (Lipinski definition) is 0. The maximum Gasteiger partial charge on any atom is -0.0635 e. The minimum Gasteiger partial charge on any atom is -0.207 e. The fourth-order valence-electron chi connectivity index (χ4n) is 2.86. The van der Waals surface area contributed by atoms with Crippen LogP contribution in [0.25, 0.3) is 0 Å². The normalized spacial score (nSPS) is 11.1. The topological polar surface area (TPSA) is 0 Å². The summed E-state index contributed by atoms with van der Waals surface area (Å²) in [5.74, 6) is 0. The molecule has 0 aromatic heterocycles. The summed E-state index contributed by atoms with van der Waals surface area (Å²) in [5.41, 5.74) is 5.69. The van der Waals surface area contributed by atoms with Crippen LogP contribution in [0.4, 0.5) is 0 Å². The first-order valence-electron chi connectivity index (χ1n) is 10.8. The van der Waals surface area contributed by atoms with E-state index in [-0.39, 0.29) is 0 Å². The number of rotatable bonds is 1. The van der Waals surface area contributed by atoms with E-state index in [2.05, 4.69) is 110 Å². The van der Waals surface area contributed by atoms with Crippen LogP contribution in [0.3, 0.4) is 0 Å². The van der Waals surface area contributed by atoms with Gasteiger partial charge in [-0.2, -0.15) is 46.5 Å². The predicted octanol–water partition coefficient (Wildman–Crippen LogP) is 8.46. The minimum atomic E-state index is -2.10. The summed E-state index contributed by atoms with van der Waals surface area (Å²) in [5, 5.41) is 1.38. The Morgan fingerprint density at radius 3 is 1.35 bits per heavy atom. The molecule has 4 heteroatoms. The molecule has 0 heterocycles. The van der Waals surface area contributed by atoms with Gasteiger partial charge in [0.05, 0.1) is 0 Å². The van der Waals surface area contributed by atoms with E-state index in [9.17, 15) is 0 Å². The van der Waals surface area contributed by atoms with Gasteiger partial charge in [0, 0.05) is 0 Å². The molecule has 0 nitrogen and oxygen atoms in total. The minimum absolute atomic E-state index is 0.314. The molecule has 0 unspecified atom stereocenters. The summed E-state index contributed by atoms with van der Waals surface area (Å²) in [6.45, 7) is 19.9. The fourth-order valence-corrected chi connectivity index (χ4v) is 13.3. The van der Waals surface area contributed by atoms with E-state index in [4.69, 9.17) is 17.2 Å². The predicted molar refractivity (Wildman–Crippen MR) is 140 cm³/mol. The SMILES string of the molecule is C[Si](c1ccccc1)=[Hf]([Cl])[Cl].Cc1cc(C(C)(C)C)c[cH-]1.Cc1cc(C(C)(C)C)c[cH-]1. The molecule has 31 heavy (non-hydrogen) atoms. The molecule has 170 valence electrons. The Morgan fingerprint density at radius 2 is 1.13 bits per heavy atom. The van der Waals surface area contributed by atoms with Crippen LogP contribution < -0.4 is 5.19 Å². The molecule has 0 saturated carbocycles. The van der Waals surface area contributed by atoms with Gasteiger partial charge in [-0.1, -0.05) is 66.2 Å². The summed E-state index contributed by atoms with van der Waals surface area (Å²) in [4.78, 5) is 0. The van der Waals surface area contributed by atoms with Crippen molar-refractivity contribution in [3.63, 3.8) is 0 Å². The van der Waals surface area contributed by atoms with E-state index in [1.807, 2.05) is 18.2 Å². The first-order chi connectivity index (χ1) is 14.2. The fraction of sp³-hybridized carbons (Fsp3) is 0.407. The summed E-state index contributed by atoms with van der Waals surface area (Å²) in [7, 11) is 12.0. The molecule has 3 rings (SSSR count). The van der Waals surface area contributed by atoms with E-state index in [1.165, 1.54) is 27.4 Å². The third-order valence-electron chi connectivity index (χ3n) is 5.04. The number of benzene rings is 1. The smallest absolute Gasteiger partial charge is 0.0635 e. The van der Waals surface area contributed by atoms with Crippen molar-refractivity contribution in [1.29, 1.82) is 0 Å². The molecule has 0 aliphatic heterocycles. The van der Waals surface area contributed by atoms with E-state index >= 15 is 0 Å². The summed E-state index contributed by atoms with van der Waals surface area (Å²) in [6.07, 6.45) is 0. The van der Waals surface area contributed by atoms with Gasteiger partial charge in [0.15, 0.2) is 0 Å². The number of hydrogen-bond acceptors (Lipinski definition) is 0. The second kappa shape index (κ2) is 12.7. The Balaban J connectivity index is 0.000000233. The zero-order chi connectivity index (χ0) is 23.8. The summed E-state index contributed by atoms with van der Waals surface area (Å²) in [6, 6.07) is 23.6. The Hall–Kier alpha value is -0.413. The largest absolute Gasteiger partial charge is 0.207 e. The Labute approximate surface area is 206 Å². The molecule has 0 saturated heterocycles. The molecule has 0 fully saturated rings. The van der Waals surface area contributed by atoms with Crippen LogP contribution in [0.1, 0.15) is 63.8 Å². The average Bonchev–Trinajstić information content (AvgIpc) is 3.31. The van der Waals surface area contributed by atoms with Crippen LogP contribution in [0, 0.1) is 13.8 Å². The standard InChI is InChI=1S/2C10H15.C7H8Si.2ClH.Hf/c2*1-8-5-6-9(7-8)10(2,3)4;1-8-7-5-3-2-4-6-7;;;/h2*5-7H,1-4H3;2-6H,1H3;2*1H;/q2*-1;;;;+2/p-2. The summed E-state index contributed by atoms with van der Waals surface area (Å²) >= 11 is -2.10. The third kappa shape index (κ3) is 10.8. The van der Waals surface area contributed by atoms with Crippen molar-refractivity contribution in [3.05, 3.63) is 89.0 Å². The Bertz CT molecular complexity index is 897. The first-order valence-corrected chi connectivity index (χ1v) is 27.1. The molecule has 0 atom stereocenters. The summed E-state index contributed by atoms with van der Waals surface area (Å²) < 4.78 is 0. The molecule has 0 spiro atoms. The van der Waals surface area contributed by atoms with Crippen LogP contribution in [-0.4, -0.2) is 5.49 Å². The molecule has 3 aromatic carbocycles. The van der Waals surface area contributed by atoms with Gasteiger partial charge in [0.2, 0.25) is 0 Å². The molecule has 0 N–H and O–H groups in total. The molecular formula is C27H38Cl2HfSi-2. The third-order valence-corrected chi connectivity index (χ3v) is 30.0. The van der Waals surface area contributed by atoms with Gasteiger partial charge >= 0.3 is 82.4 Å². The van der Waals surface area contributed by atoms with Crippen LogP contribution in [0.15, 0.2) is 66.7 Å². The van der Waals surface area contributed by atoms with Gasteiger partial charge in [0.25, 0.3) is 0 Å². The van der Waals surface area contributed by atoms with Crippen molar-refractivity contribution in [1.82, 2.24) is 0 Å². The van der Waals surface area contributed by atoms with Gasteiger partial charge in [-0.05, 0) is 0 Å². The second-order valence-corrected chi connectivity index (χ2v) is 38.9. The molecule has 0 aliphatic rings. The zero-order valence-corrected chi connectivity index (χ0v) is 26.7. The van der Waals surface area contributed by atoms with Crippen molar-refractivity contribution in [2.45, 2.75) is 72.8 Å². The number of aryl methyl sites for hydroxylation is 2. The van der Waals surface area contributed by atoms with Gasteiger partial charge in [0.1, 0.15) is 0 Å². The van der Waals surface area contributed by atoms with Crippen molar-refractivity contribution in [2.75, 3.05) is 0 Å². The maximum atomic E-state index is 5.99.